The summed E-state index contributed by atoms with van der Waals surface area (Å²) in [5.41, 5.74) is 0.426. The van der Waals surface area contributed by atoms with Crippen molar-refractivity contribution in [3.8, 4) is 0 Å². The predicted octanol–water partition coefficient (Wildman–Crippen LogP) is 2.15. The molecule has 2 nitrogen and oxygen atoms in total. The molecule has 2 aliphatic heterocycles. The molecule has 0 radical (unpaired) electrons. The fourth-order valence-corrected chi connectivity index (χ4v) is 3.14. The van der Waals surface area contributed by atoms with Crippen LogP contribution in [0, 0.1) is 17.6 Å². The van der Waals surface area contributed by atoms with Gasteiger partial charge in [-0.25, -0.2) is 8.78 Å². The molecule has 1 aromatic rings. The predicted molar refractivity (Wildman–Crippen MR) is 66.1 cm³/mol. The highest BCUT2D eigenvalue weighted by Gasteiger charge is 2.33. The van der Waals surface area contributed by atoms with Crippen molar-refractivity contribution in [1.29, 1.82) is 0 Å². The molecule has 0 amide bonds. The third-order valence-corrected chi connectivity index (χ3v) is 4.20. The van der Waals surface area contributed by atoms with E-state index in [2.05, 4.69) is 10.2 Å². The molecule has 2 bridgehead atoms. The largest absolute Gasteiger partial charge is 0.309 e. The summed E-state index contributed by atoms with van der Waals surface area (Å²) < 4.78 is 26.6. The summed E-state index contributed by atoms with van der Waals surface area (Å²) in [5, 5.41) is 3.40. The monoisotopic (exact) mass is 252 g/mol. The molecule has 2 aliphatic rings. The molecule has 1 N–H and O–H groups in total. The molecule has 3 atom stereocenters. The lowest BCUT2D eigenvalue weighted by atomic mass is 9.94. The summed E-state index contributed by atoms with van der Waals surface area (Å²) in [6.07, 6.45) is 2.34. The summed E-state index contributed by atoms with van der Waals surface area (Å²) in [4.78, 5) is 2.48. The Bertz CT molecular complexity index is 436. The van der Waals surface area contributed by atoms with Crippen LogP contribution >= 0.6 is 0 Å². The first-order valence-corrected chi connectivity index (χ1v) is 6.62. The van der Waals surface area contributed by atoms with Crippen molar-refractivity contribution in [3.05, 3.63) is 35.4 Å². The molecule has 3 rings (SSSR count). The van der Waals surface area contributed by atoms with E-state index in [9.17, 15) is 8.78 Å². The zero-order valence-corrected chi connectivity index (χ0v) is 10.3. The highest BCUT2D eigenvalue weighted by molar-refractivity contribution is 5.18. The second-order valence-electron chi connectivity index (χ2n) is 5.36. The maximum Gasteiger partial charge on any atom is 0.127 e. The molecule has 18 heavy (non-hydrogen) atoms. The number of halogens is 2. The smallest absolute Gasteiger partial charge is 0.127 e. The minimum Gasteiger partial charge on any atom is -0.309 e. The average molecular weight is 252 g/mol. The zero-order chi connectivity index (χ0) is 12.5. The van der Waals surface area contributed by atoms with Crippen LogP contribution in [0.5, 0.6) is 0 Å². The molecule has 0 aliphatic carbocycles. The van der Waals surface area contributed by atoms with Crippen molar-refractivity contribution in [2.24, 2.45) is 5.92 Å². The third kappa shape index (κ3) is 2.40. The molecule has 0 aromatic heterocycles. The number of rotatable bonds is 3. The van der Waals surface area contributed by atoms with E-state index in [0.717, 1.165) is 25.6 Å². The quantitative estimate of drug-likeness (QED) is 0.886. The van der Waals surface area contributed by atoms with Crippen LogP contribution in [0.15, 0.2) is 18.2 Å². The minimum absolute atomic E-state index is 0.326. The van der Waals surface area contributed by atoms with Gasteiger partial charge in [0, 0.05) is 24.7 Å². The van der Waals surface area contributed by atoms with E-state index in [1.54, 1.807) is 0 Å². The SMILES string of the molecule is Fc1ccc(F)c(CNC2CCN3CCC2C3)c1. The number of nitrogens with one attached hydrogen (secondary N) is 1. The van der Waals surface area contributed by atoms with Crippen LogP contribution in [0.25, 0.3) is 0 Å². The van der Waals surface area contributed by atoms with Gasteiger partial charge in [-0.15, -0.1) is 0 Å². The Hall–Kier alpha value is -1.00. The highest BCUT2D eigenvalue weighted by atomic mass is 19.1. The lowest BCUT2D eigenvalue weighted by Gasteiger charge is -2.31. The Kier molecular flexibility index (Phi) is 3.31. The van der Waals surface area contributed by atoms with E-state index in [1.807, 2.05) is 0 Å². The Morgan fingerprint density at radius 1 is 1.22 bits per heavy atom. The van der Waals surface area contributed by atoms with Gasteiger partial charge in [-0.3, -0.25) is 0 Å². The van der Waals surface area contributed by atoms with Crippen LogP contribution in [0.4, 0.5) is 8.78 Å². The van der Waals surface area contributed by atoms with Crippen LogP contribution in [-0.2, 0) is 6.54 Å². The molecule has 98 valence electrons. The van der Waals surface area contributed by atoms with Crippen LogP contribution in [0.1, 0.15) is 18.4 Å². The van der Waals surface area contributed by atoms with E-state index < -0.39 is 0 Å². The Morgan fingerprint density at radius 3 is 2.94 bits per heavy atom. The summed E-state index contributed by atoms with van der Waals surface area (Å²) in [6.45, 7) is 3.89. The van der Waals surface area contributed by atoms with Crippen molar-refractivity contribution >= 4 is 0 Å². The second-order valence-corrected chi connectivity index (χ2v) is 5.36. The number of hydrogen-bond donors (Lipinski definition) is 1. The maximum absolute atomic E-state index is 13.5. The van der Waals surface area contributed by atoms with E-state index >= 15 is 0 Å². The summed E-state index contributed by atoms with van der Waals surface area (Å²) in [6, 6.07) is 4.09. The van der Waals surface area contributed by atoms with Gasteiger partial charge in [0.15, 0.2) is 0 Å². The van der Waals surface area contributed by atoms with Crippen molar-refractivity contribution in [2.45, 2.75) is 25.4 Å². The fraction of sp³-hybridized carbons (Fsp3) is 0.571. The topological polar surface area (TPSA) is 15.3 Å². The molecule has 3 unspecified atom stereocenters. The van der Waals surface area contributed by atoms with Gasteiger partial charge < -0.3 is 10.2 Å². The van der Waals surface area contributed by atoms with Crippen LogP contribution in [0.2, 0.25) is 0 Å². The van der Waals surface area contributed by atoms with Gasteiger partial charge in [-0.1, -0.05) is 0 Å². The van der Waals surface area contributed by atoms with Crippen molar-refractivity contribution in [3.63, 3.8) is 0 Å². The molecule has 1 aromatic carbocycles. The molecule has 2 fully saturated rings. The third-order valence-electron chi connectivity index (χ3n) is 4.20. The number of hydrogen-bond acceptors (Lipinski definition) is 2. The Balaban J connectivity index is 1.62. The number of fused-ring (bicyclic) bond motifs is 2. The van der Waals surface area contributed by atoms with E-state index in [-0.39, 0.29) is 11.6 Å². The molecule has 4 heteroatoms. The first kappa shape index (κ1) is 12.1. The number of nitrogens with zero attached hydrogens (tertiary/aromatic N) is 1. The lowest BCUT2D eigenvalue weighted by molar-refractivity contribution is 0.220. The number of piperidine rings is 1. The summed E-state index contributed by atoms with van der Waals surface area (Å²) >= 11 is 0. The lowest BCUT2D eigenvalue weighted by Crippen LogP contribution is -2.43. The van der Waals surface area contributed by atoms with Crippen molar-refractivity contribution in [2.75, 3.05) is 19.6 Å². The van der Waals surface area contributed by atoms with Crippen LogP contribution < -0.4 is 5.32 Å². The van der Waals surface area contributed by atoms with E-state index in [4.69, 9.17) is 0 Å². The summed E-state index contributed by atoms with van der Waals surface area (Å²) in [5.74, 6) is -0.0213. The number of benzene rings is 1. The Morgan fingerprint density at radius 2 is 2.06 bits per heavy atom. The van der Waals surface area contributed by atoms with Gasteiger partial charge in [-0.05, 0) is 50.0 Å². The fourth-order valence-electron chi connectivity index (χ4n) is 3.14. The second kappa shape index (κ2) is 4.94. The molecule has 2 saturated heterocycles. The van der Waals surface area contributed by atoms with Crippen LogP contribution in [0.3, 0.4) is 0 Å². The van der Waals surface area contributed by atoms with Gasteiger partial charge in [0.1, 0.15) is 11.6 Å². The van der Waals surface area contributed by atoms with E-state index in [0.29, 0.717) is 24.1 Å². The van der Waals surface area contributed by atoms with Crippen molar-refractivity contribution < 1.29 is 8.78 Å². The standard InChI is InChI=1S/C14H18F2N2/c15-12-1-2-13(16)11(7-12)8-17-14-4-6-18-5-3-10(14)9-18/h1-2,7,10,14,17H,3-6,8-9H2. The maximum atomic E-state index is 13.5. The van der Waals surface area contributed by atoms with Gasteiger partial charge >= 0.3 is 0 Å². The highest BCUT2D eigenvalue weighted by Crippen LogP contribution is 2.27. The molecule has 0 saturated carbocycles. The molecule has 2 heterocycles. The van der Waals surface area contributed by atoms with Gasteiger partial charge in [0.2, 0.25) is 0 Å². The normalized spacial score (nSPS) is 30.7. The first-order valence-electron chi connectivity index (χ1n) is 6.62. The van der Waals surface area contributed by atoms with Crippen molar-refractivity contribution in [1.82, 2.24) is 10.2 Å². The molecule has 0 spiro atoms. The van der Waals surface area contributed by atoms with Gasteiger partial charge in [0.05, 0.1) is 0 Å². The molecular weight excluding hydrogens is 234 g/mol. The van der Waals surface area contributed by atoms with Gasteiger partial charge in [-0.2, -0.15) is 0 Å². The summed E-state index contributed by atoms with van der Waals surface area (Å²) in [7, 11) is 0. The Labute approximate surface area is 106 Å². The van der Waals surface area contributed by atoms with Crippen LogP contribution in [-0.4, -0.2) is 30.6 Å². The minimum atomic E-state index is -0.371. The molecular formula is C14H18F2N2. The average Bonchev–Trinajstić information content (AvgIpc) is 2.75. The van der Waals surface area contributed by atoms with E-state index in [1.165, 1.54) is 25.1 Å². The zero-order valence-electron chi connectivity index (χ0n) is 10.3. The van der Waals surface area contributed by atoms with Gasteiger partial charge in [0.25, 0.3) is 0 Å². The first-order chi connectivity index (χ1) is 8.72.